The summed E-state index contributed by atoms with van der Waals surface area (Å²) in [6.07, 6.45) is 0. The lowest BCUT2D eigenvalue weighted by Gasteiger charge is -2.02. The second-order valence-electron chi connectivity index (χ2n) is 1.92. The Bertz CT molecular complexity index is 211. The van der Waals surface area contributed by atoms with Gasteiger partial charge < -0.3 is 9.68 Å². The molecule has 4 nitrogen and oxygen atoms in total. The van der Waals surface area contributed by atoms with Crippen LogP contribution in [-0.4, -0.2) is 40.0 Å². The van der Waals surface area contributed by atoms with Crippen LogP contribution in [0.5, 0.6) is 0 Å². The van der Waals surface area contributed by atoms with E-state index in [1.807, 2.05) is 0 Å². The van der Waals surface area contributed by atoms with Gasteiger partial charge in [-0.15, -0.1) is 0 Å². The first-order valence-corrected chi connectivity index (χ1v) is 3.33. The Kier molecular flexibility index (Phi) is 5.73. The van der Waals surface area contributed by atoms with Gasteiger partial charge in [-0.1, -0.05) is 10.3 Å². The molecule has 0 saturated heterocycles. The highest BCUT2D eigenvalue weighted by Crippen LogP contribution is 2.02. The highest BCUT2D eigenvalue weighted by molar-refractivity contribution is 7.11. The third-order valence-electron chi connectivity index (χ3n) is 1.06. The van der Waals surface area contributed by atoms with Crippen LogP contribution >= 0.6 is 0 Å². The summed E-state index contributed by atoms with van der Waals surface area (Å²) >= 11 is 0. The van der Waals surface area contributed by atoms with E-state index in [0.717, 1.165) is 14.2 Å². The lowest BCUT2D eigenvalue weighted by molar-refractivity contribution is 0.210. The Morgan fingerprint density at radius 1 is 0.857 bits per heavy atom. The largest absolute Gasteiger partial charge is 0.595 e. The predicted octanol–water partition coefficient (Wildman–Crippen LogP) is 0.924. The smallest absolute Gasteiger partial charge is 0.399 e. The SMILES string of the molecule is CO/N=C(B(F)F)/C(=N/OC)B(F)F. The molecule has 0 rings (SSSR count). The monoisotopic (exact) mass is 212 g/mol. The molecule has 0 unspecified atom stereocenters. The molecule has 0 heterocycles. The molecule has 0 radical (unpaired) electrons. The zero-order valence-corrected chi connectivity index (χ0v) is 7.38. The maximum atomic E-state index is 12.1. The van der Waals surface area contributed by atoms with Gasteiger partial charge in [-0.3, -0.25) is 17.3 Å². The molecule has 0 N–H and O–H groups in total. The maximum Gasteiger partial charge on any atom is 0.595 e. The van der Waals surface area contributed by atoms with E-state index >= 15 is 0 Å². The minimum absolute atomic E-state index is 0.957. The number of rotatable bonds is 5. The highest BCUT2D eigenvalue weighted by atomic mass is 19.2. The quantitative estimate of drug-likeness (QED) is 0.294. The second kappa shape index (κ2) is 6.27. The first kappa shape index (κ1) is 12.8. The topological polar surface area (TPSA) is 43.2 Å². The van der Waals surface area contributed by atoms with Gasteiger partial charge in [-0.05, 0) is 0 Å². The molecule has 0 spiro atoms. The molecule has 0 aliphatic heterocycles. The Hall–Kier alpha value is -1.21. The van der Waals surface area contributed by atoms with Crippen molar-refractivity contribution in [2.24, 2.45) is 10.3 Å². The molecule has 0 aromatic rings. The number of hydrogen-bond acceptors (Lipinski definition) is 4. The van der Waals surface area contributed by atoms with Crippen LogP contribution in [0, 0.1) is 0 Å². The molecule has 0 saturated carbocycles. The van der Waals surface area contributed by atoms with Crippen molar-refractivity contribution in [3.05, 3.63) is 0 Å². The Labute approximate surface area is 78.3 Å². The van der Waals surface area contributed by atoms with Crippen LogP contribution in [0.4, 0.5) is 17.3 Å². The average molecular weight is 212 g/mol. The first-order valence-electron chi connectivity index (χ1n) is 3.33. The van der Waals surface area contributed by atoms with Gasteiger partial charge in [0.25, 0.3) is 0 Å². The fourth-order valence-electron chi connectivity index (χ4n) is 0.593. The number of nitrogens with zero attached hydrogens (tertiary/aromatic N) is 2. The van der Waals surface area contributed by atoms with Gasteiger partial charge in [-0.25, -0.2) is 0 Å². The zero-order chi connectivity index (χ0) is 11.1. The normalized spacial score (nSPS) is 12.4. The fourth-order valence-corrected chi connectivity index (χ4v) is 0.593. The minimum atomic E-state index is -3.21. The summed E-state index contributed by atoms with van der Waals surface area (Å²) in [5.74, 6) is 0. The van der Waals surface area contributed by atoms with Gasteiger partial charge in [0.15, 0.2) is 0 Å². The van der Waals surface area contributed by atoms with Crippen LogP contribution in [-0.2, 0) is 9.68 Å². The molecule has 0 aromatic heterocycles. The molecule has 10 heteroatoms. The van der Waals surface area contributed by atoms with Crippen molar-refractivity contribution in [1.29, 1.82) is 0 Å². The average Bonchev–Trinajstić information content (AvgIpc) is 2.10. The summed E-state index contributed by atoms with van der Waals surface area (Å²) in [6.45, 7) is 0. The van der Waals surface area contributed by atoms with Crippen LogP contribution in [0.3, 0.4) is 0 Å². The summed E-state index contributed by atoms with van der Waals surface area (Å²) in [7, 11) is -4.51. The molecular weight excluding hydrogens is 206 g/mol. The van der Waals surface area contributed by atoms with E-state index in [4.69, 9.17) is 0 Å². The van der Waals surface area contributed by atoms with E-state index in [0.29, 0.717) is 0 Å². The molecule has 78 valence electrons. The Morgan fingerprint density at radius 2 is 1.14 bits per heavy atom. The molecule has 0 fully saturated rings. The molecule has 0 amide bonds. The second-order valence-corrected chi connectivity index (χ2v) is 1.92. The van der Waals surface area contributed by atoms with Gasteiger partial charge in [0.05, 0.1) is 0 Å². The van der Waals surface area contributed by atoms with Gasteiger partial charge in [-0.2, -0.15) is 0 Å². The van der Waals surface area contributed by atoms with E-state index in [1.54, 1.807) is 0 Å². The predicted molar refractivity (Wildman–Crippen MR) is 44.8 cm³/mol. The van der Waals surface area contributed by atoms with E-state index in [2.05, 4.69) is 20.0 Å². The lowest BCUT2D eigenvalue weighted by atomic mass is 9.73. The first-order chi connectivity index (χ1) is 6.54. The third kappa shape index (κ3) is 3.67. The van der Waals surface area contributed by atoms with Gasteiger partial charge in [0.2, 0.25) is 0 Å². The van der Waals surface area contributed by atoms with E-state index < -0.39 is 25.8 Å². The number of hydrogen-bond donors (Lipinski definition) is 0. The summed E-state index contributed by atoms with van der Waals surface area (Å²) in [6, 6.07) is 0. The Balaban J connectivity index is 4.94. The van der Waals surface area contributed by atoms with E-state index in [1.165, 1.54) is 0 Å². The van der Waals surface area contributed by atoms with E-state index in [9.17, 15) is 17.3 Å². The van der Waals surface area contributed by atoms with Crippen molar-refractivity contribution in [2.45, 2.75) is 0 Å². The number of halogens is 4. The van der Waals surface area contributed by atoms with Crippen molar-refractivity contribution in [3.8, 4) is 0 Å². The van der Waals surface area contributed by atoms with E-state index in [-0.39, 0.29) is 0 Å². The summed E-state index contributed by atoms with van der Waals surface area (Å²) in [5, 5.41) is 5.48. The standard InChI is InChI=1S/C4H6B2F4N2O2/c1-13-11-3(5(7)8)4(6(9)10)12-14-2/h1-2H3/b11-3-,12-4-. The molecule has 0 atom stereocenters. The summed E-state index contributed by atoms with van der Waals surface area (Å²) in [5.41, 5.74) is -2.49. The van der Waals surface area contributed by atoms with Gasteiger partial charge in [0, 0.05) is 0 Å². The van der Waals surface area contributed by atoms with Crippen molar-refractivity contribution in [2.75, 3.05) is 14.2 Å². The van der Waals surface area contributed by atoms with Crippen molar-refractivity contribution in [3.63, 3.8) is 0 Å². The molecule has 0 aliphatic rings. The highest BCUT2D eigenvalue weighted by Gasteiger charge is 2.37. The zero-order valence-electron chi connectivity index (χ0n) is 7.38. The van der Waals surface area contributed by atoms with Crippen LogP contribution in [0.2, 0.25) is 0 Å². The Morgan fingerprint density at radius 3 is 1.29 bits per heavy atom. The van der Waals surface area contributed by atoms with Crippen LogP contribution in [0.25, 0.3) is 0 Å². The molecule has 0 aliphatic carbocycles. The molecule has 0 bridgehead atoms. The lowest BCUT2D eigenvalue weighted by Crippen LogP contribution is -2.34. The van der Waals surface area contributed by atoms with Crippen molar-refractivity contribution >= 4 is 25.8 Å². The minimum Gasteiger partial charge on any atom is -0.399 e. The van der Waals surface area contributed by atoms with Gasteiger partial charge in [0.1, 0.15) is 25.4 Å². The number of oxime groups is 2. The fraction of sp³-hybridized carbons (Fsp3) is 0.500. The van der Waals surface area contributed by atoms with Crippen LogP contribution in [0.1, 0.15) is 0 Å². The van der Waals surface area contributed by atoms with Crippen LogP contribution in [0.15, 0.2) is 10.3 Å². The molecular formula is C4H6B2F4N2O2. The van der Waals surface area contributed by atoms with Crippen molar-refractivity contribution < 1.29 is 26.9 Å². The summed E-state index contributed by atoms with van der Waals surface area (Å²) in [4.78, 5) is 7.96. The summed E-state index contributed by atoms with van der Waals surface area (Å²) < 4.78 is 48.6. The maximum absolute atomic E-state index is 12.1. The van der Waals surface area contributed by atoms with Crippen molar-refractivity contribution in [1.82, 2.24) is 0 Å². The van der Waals surface area contributed by atoms with Crippen LogP contribution < -0.4 is 0 Å². The molecule has 0 aromatic carbocycles. The third-order valence-corrected chi connectivity index (χ3v) is 1.06. The van der Waals surface area contributed by atoms with Gasteiger partial charge >= 0.3 is 14.5 Å². The molecule has 14 heavy (non-hydrogen) atoms.